The maximum atomic E-state index is 12.2. The molecule has 0 aliphatic carbocycles. The van der Waals surface area contributed by atoms with Crippen molar-refractivity contribution in [2.45, 2.75) is 6.92 Å². The first-order valence-corrected chi connectivity index (χ1v) is 6.15. The fraction of sp³-hybridized carbons (Fsp3) is 0.0714. The molecule has 3 rings (SSSR count). The summed E-state index contributed by atoms with van der Waals surface area (Å²) in [5, 5.41) is -0.0546. The van der Waals surface area contributed by atoms with Crippen molar-refractivity contribution in [3.63, 3.8) is 0 Å². The maximum absolute atomic E-state index is 12.2. The number of aryl methyl sites for hydroxylation is 1. The topological polar surface area (TPSA) is 47.8 Å². The van der Waals surface area contributed by atoms with E-state index in [4.69, 9.17) is 11.6 Å². The predicted octanol–water partition coefficient (Wildman–Crippen LogP) is 2.74. The van der Waals surface area contributed by atoms with E-state index in [1.165, 1.54) is 4.57 Å². The van der Waals surface area contributed by atoms with E-state index in [9.17, 15) is 4.79 Å². The van der Waals surface area contributed by atoms with Gasteiger partial charge in [-0.25, -0.2) is 9.97 Å². The number of nitrogens with zero attached hydrogens (tertiary/aromatic N) is 3. The van der Waals surface area contributed by atoms with Gasteiger partial charge in [-0.2, -0.15) is 0 Å². The molecule has 0 atom stereocenters. The molecule has 5 heteroatoms. The van der Waals surface area contributed by atoms with Gasteiger partial charge in [0.25, 0.3) is 5.56 Å². The SMILES string of the molecule is Cc1ccc(-n2c(=O)c(Cl)nc3cccnc32)cc1. The van der Waals surface area contributed by atoms with Crippen LogP contribution in [0.5, 0.6) is 0 Å². The molecule has 4 nitrogen and oxygen atoms in total. The minimum atomic E-state index is -0.364. The second-order valence-corrected chi connectivity index (χ2v) is 4.58. The maximum Gasteiger partial charge on any atom is 0.294 e. The Hall–Kier alpha value is -2.20. The van der Waals surface area contributed by atoms with Gasteiger partial charge in [0.1, 0.15) is 5.52 Å². The third-order valence-electron chi connectivity index (χ3n) is 2.87. The second kappa shape index (κ2) is 4.48. The molecule has 0 saturated carbocycles. The van der Waals surface area contributed by atoms with Gasteiger partial charge in [-0.1, -0.05) is 29.3 Å². The van der Waals surface area contributed by atoms with Crippen molar-refractivity contribution in [3.05, 3.63) is 63.7 Å². The Labute approximate surface area is 114 Å². The average molecular weight is 272 g/mol. The summed E-state index contributed by atoms with van der Waals surface area (Å²) >= 11 is 5.90. The first kappa shape index (κ1) is 11.9. The molecule has 0 bridgehead atoms. The molecule has 0 N–H and O–H groups in total. The van der Waals surface area contributed by atoms with Crippen molar-refractivity contribution in [1.82, 2.24) is 14.5 Å². The van der Waals surface area contributed by atoms with Crippen LogP contribution >= 0.6 is 11.6 Å². The highest BCUT2D eigenvalue weighted by Crippen LogP contribution is 2.15. The van der Waals surface area contributed by atoms with Crippen molar-refractivity contribution in [2.24, 2.45) is 0 Å². The van der Waals surface area contributed by atoms with Crippen LogP contribution in [0.25, 0.3) is 16.9 Å². The highest BCUT2D eigenvalue weighted by Gasteiger charge is 2.11. The molecule has 0 aliphatic heterocycles. The third kappa shape index (κ3) is 2.00. The van der Waals surface area contributed by atoms with Crippen LogP contribution in [0, 0.1) is 6.92 Å². The molecule has 3 aromatic rings. The number of hydrogen-bond donors (Lipinski definition) is 0. The van der Waals surface area contributed by atoms with Crippen molar-refractivity contribution in [1.29, 1.82) is 0 Å². The third-order valence-corrected chi connectivity index (χ3v) is 3.11. The molecule has 94 valence electrons. The quantitative estimate of drug-likeness (QED) is 0.684. The Morgan fingerprint density at radius 2 is 1.89 bits per heavy atom. The van der Waals surface area contributed by atoms with Gasteiger partial charge in [-0.15, -0.1) is 0 Å². The van der Waals surface area contributed by atoms with E-state index in [2.05, 4.69) is 9.97 Å². The van der Waals surface area contributed by atoms with Gasteiger partial charge in [-0.05, 0) is 31.2 Å². The van der Waals surface area contributed by atoms with Gasteiger partial charge in [-0.3, -0.25) is 9.36 Å². The monoisotopic (exact) mass is 271 g/mol. The van der Waals surface area contributed by atoms with Crippen LogP contribution in [-0.2, 0) is 0 Å². The number of benzene rings is 1. The molecule has 0 amide bonds. The number of aromatic nitrogens is 3. The summed E-state index contributed by atoms with van der Waals surface area (Å²) in [5.74, 6) is 0. The van der Waals surface area contributed by atoms with Gasteiger partial charge in [0.05, 0.1) is 5.69 Å². The van der Waals surface area contributed by atoms with E-state index in [0.29, 0.717) is 11.2 Å². The highest BCUT2D eigenvalue weighted by molar-refractivity contribution is 6.29. The lowest BCUT2D eigenvalue weighted by atomic mass is 10.2. The smallest absolute Gasteiger partial charge is 0.265 e. The minimum Gasteiger partial charge on any atom is -0.265 e. The van der Waals surface area contributed by atoms with E-state index >= 15 is 0 Å². The Balaban J connectivity index is 2.42. The molecule has 0 fully saturated rings. The van der Waals surface area contributed by atoms with Crippen LogP contribution < -0.4 is 5.56 Å². The zero-order chi connectivity index (χ0) is 13.4. The van der Waals surface area contributed by atoms with E-state index in [1.807, 2.05) is 31.2 Å². The van der Waals surface area contributed by atoms with E-state index in [-0.39, 0.29) is 10.7 Å². The lowest BCUT2D eigenvalue weighted by Crippen LogP contribution is -2.21. The van der Waals surface area contributed by atoms with E-state index < -0.39 is 0 Å². The van der Waals surface area contributed by atoms with Crippen LogP contribution in [-0.4, -0.2) is 14.5 Å². The molecule has 0 saturated heterocycles. The fourth-order valence-corrected chi connectivity index (χ4v) is 2.10. The first-order chi connectivity index (χ1) is 9.16. The van der Waals surface area contributed by atoms with Gasteiger partial charge in [0, 0.05) is 6.20 Å². The van der Waals surface area contributed by atoms with Crippen molar-refractivity contribution in [2.75, 3.05) is 0 Å². The summed E-state index contributed by atoms with van der Waals surface area (Å²) in [6.07, 6.45) is 1.63. The molecular formula is C14H10ClN3O. The lowest BCUT2D eigenvalue weighted by molar-refractivity contribution is 0.989. The second-order valence-electron chi connectivity index (χ2n) is 4.22. The fourth-order valence-electron chi connectivity index (χ4n) is 1.92. The van der Waals surface area contributed by atoms with Gasteiger partial charge in [0.15, 0.2) is 10.8 Å². The summed E-state index contributed by atoms with van der Waals surface area (Å²) < 4.78 is 1.48. The molecule has 0 aliphatic rings. The number of pyridine rings is 1. The summed E-state index contributed by atoms with van der Waals surface area (Å²) in [4.78, 5) is 20.5. The average Bonchev–Trinajstić information content (AvgIpc) is 2.42. The number of halogens is 1. The zero-order valence-electron chi connectivity index (χ0n) is 10.2. The Morgan fingerprint density at radius 1 is 1.16 bits per heavy atom. The molecule has 19 heavy (non-hydrogen) atoms. The standard InChI is InChI=1S/C14H10ClN3O/c1-9-4-6-10(7-5-9)18-13-11(3-2-8-16-13)17-12(15)14(18)19/h2-8H,1H3. The van der Waals surface area contributed by atoms with Crippen molar-refractivity contribution in [3.8, 4) is 5.69 Å². The van der Waals surface area contributed by atoms with Gasteiger partial charge < -0.3 is 0 Å². The summed E-state index contributed by atoms with van der Waals surface area (Å²) in [6, 6.07) is 11.1. The summed E-state index contributed by atoms with van der Waals surface area (Å²) in [6.45, 7) is 1.99. The molecule has 2 heterocycles. The molecule has 1 aromatic carbocycles. The molecule has 2 aromatic heterocycles. The number of hydrogen-bond acceptors (Lipinski definition) is 3. The highest BCUT2D eigenvalue weighted by atomic mass is 35.5. The minimum absolute atomic E-state index is 0.0546. The number of rotatable bonds is 1. The van der Waals surface area contributed by atoms with Crippen molar-refractivity contribution < 1.29 is 0 Å². The van der Waals surface area contributed by atoms with Gasteiger partial charge >= 0.3 is 0 Å². The Kier molecular flexibility index (Phi) is 2.80. The molecular weight excluding hydrogens is 262 g/mol. The summed E-state index contributed by atoms with van der Waals surface area (Å²) in [7, 11) is 0. The van der Waals surface area contributed by atoms with Gasteiger partial charge in [0.2, 0.25) is 0 Å². The van der Waals surface area contributed by atoms with E-state index in [1.54, 1.807) is 18.3 Å². The molecule has 0 radical (unpaired) electrons. The van der Waals surface area contributed by atoms with Crippen molar-refractivity contribution >= 4 is 22.8 Å². The Bertz CT molecular complexity index is 809. The van der Waals surface area contributed by atoms with E-state index in [0.717, 1.165) is 11.3 Å². The lowest BCUT2D eigenvalue weighted by Gasteiger charge is -2.09. The van der Waals surface area contributed by atoms with Crippen LogP contribution in [0.3, 0.4) is 0 Å². The van der Waals surface area contributed by atoms with Crippen LogP contribution in [0.15, 0.2) is 47.4 Å². The van der Waals surface area contributed by atoms with Crippen LogP contribution in [0.4, 0.5) is 0 Å². The molecule has 0 unspecified atom stereocenters. The molecule has 0 spiro atoms. The van der Waals surface area contributed by atoms with Crippen LogP contribution in [0.2, 0.25) is 5.15 Å². The summed E-state index contributed by atoms with van der Waals surface area (Å²) in [5.41, 5.74) is 2.57. The normalized spacial score (nSPS) is 10.8. The first-order valence-electron chi connectivity index (χ1n) is 5.77. The van der Waals surface area contributed by atoms with Crippen LogP contribution in [0.1, 0.15) is 5.56 Å². The largest absolute Gasteiger partial charge is 0.294 e. The zero-order valence-corrected chi connectivity index (χ0v) is 10.9. The predicted molar refractivity (Wildman–Crippen MR) is 74.9 cm³/mol. The Morgan fingerprint density at radius 3 is 2.63 bits per heavy atom. The number of fused-ring (bicyclic) bond motifs is 1.